The maximum absolute atomic E-state index is 14.4. The number of fused-ring (bicyclic) bond motifs is 4. The molecule has 0 saturated carbocycles. The monoisotopic (exact) mass is 2000 g/mol. The number of nitrogens with one attached hydrogen (secondary N) is 4. The van der Waals surface area contributed by atoms with Crippen LogP contribution in [0.5, 0.6) is 5.75 Å². The van der Waals surface area contributed by atoms with Gasteiger partial charge in [0.15, 0.2) is 22.0 Å². The fourth-order valence-corrected chi connectivity index (χ4v) is 14.0. The summed E-state index contributed by atoms with van der Waals surface area (Å²) in [6.07, 6.45) is 0.900. The van der Waals surface area contributed by atoms with Crippen molar-refractivity contribution < 1.29 is 63.2 Å². The van der Waals surface area contributed by atoms with E-state index in [9.17, 15) is 86.6 Å². The fraction of sp³-hybridized carbons (Fsp3) is 0.253. The van der Waals surface area contributed by atoms with Crippen molar-refractivity contribution in [3.05, 3.63) is 258 Å². The van der Waals surface area contributed by atoms with E-state index in [1.54, 1.807) is 61.6 Å². The van der Waals surface area contributed by atoms with E-state index in [0.717, 1.165) is 0 Å². The van der Waals surface area contributed by atoms with Crippen LogP contribution in [0.25, 0.3) is 44.1 Å². The van der Waals surface area contributed by atoms with E-state index in [1.807, 2.05) is 90.4 Å². The maximum atomic E-state index is 14.4. The number of rotatable bonds is 20. The van der Waals surface area contributed by atoms with Crippen LogP contribution in [-0.4, -0.2) is 117 Å². The minimum Gasteiger partial charge on any atom is -0.485 e. The Labute approximate surface area is 686 Å². The molecule has 12 N–H and O–H groups in total. The Morgan fingerprint density at radius 2 is 0.616 bits per heavy atom. The van der Waals surface area contributed by atoms with Crippen molar-refractivity contribution in [2.45, 2.75) is 37.3 Å². The molecule has 0 fully saturated rings. The number of halogens is 8. The lowest BCUT2D eigenvalue weighted by molar-refractivity contribution is 0.0815. The van der Waals surface area contributed by atoms with E-state index in [2.05, 4.69) is 21.3 Å². The molecule has 0 saturated heterocycles. The summed E-state index contributed by atoms with van der Waals surface area (Å²) in [5.41, 5.74) is -1.30. The lowest BCUT2D eigenvalue weighted by Gasteiger charge is -2.18. The summed E-state index contributed by atoms with van der Waals surface area (Å²) in [4.78, 5) is 102. The lowest BCUT2D eigenvalue weighted by Crippen LogP contribution is -2.26. The van der Waals surface area contributed by atoms with Crippen LogP contribution in [0.2, 0.25) is 0 Å². The normalized spacial score (nSPS) is 12.3. The molecule has 8 heterocycles. The van der Waals surface area contributed by atoms with Gasteiger partial charge in [-0.25, -0.2) is 17.6 Å². The number of aryl methyl sites for hydroxylation is 8. The van der Waals surface area contributed by atoms with Gasteiger partial charge in [-0.3, -0.25) is 56.6 Å². The average Bonchev–Trinajstić information content (AvgIpc) is 0.768. The van der Waals surface area contributed by atoms with Gasteiger partial charge in [0.05, 0.1) is 98.7 Å². The predicted octanol–water partition coefficient (Wildman–Crippen LogP) is 7.49. The Bertz CT molecular complexity index is 5990. The molecule has 112 heavy (non-hydrogen) atoms. The molecule has 0 unspecified atom stereocenters. The summed E-state index contributed by atoms with van der Waals surface area (Å²) in [5.74, 6) is -2.13. The van der Waals surface area contributed by atoms with Gasteiger partial charge in [-0.05, 0) is 170 Å². The lowest BCUT2D eigenvalue weighted by atomic mass is 10.1. The van der Waals surface area contributed by atoms with Gasteiger partial charge in [-0.2, -0.15) is 0 Å². The van der Waals surface area contributed by atoms with Gasteiger partial charge in [-0.15, -0.1) is 0 Å². The van der Waals surface area contributed by atoms with Crippen molar-refractivity contribution in [3.63, 3.8) is 0 Å². The molecule has 0 radical (unpaired) electrons. The highest BCUT2D eigenvalue weighted by atomic mass is 127. The Hall–Kier alpha value is -9.16. The third kappa shape index (κ3) is 19.0. The van der Waals surface area contributed by atoms with Crippen LogP contribution in [0.4, 0.5) is 63.1 Å². The van der Waals surface area contributed by atoms with Gasteiger partial charge in [0.25, 0.3) is 22.2 Å². The number of aliphatic hydroxyl groups excluding tert-OH is 8. The summed E-state index contributed by atoms with van der Waals surface area (Å²) >= 11 is 7.92. The zero-order chi connectivity index (χ0) is 82.3. The molecule has 0 aliphatic rings. The van der Waals surface area contributed by atoms with Gasteiger partial charge in [-0.1, -0.05) is 0 Å². The van der Waals surface area contributed by atoms with Crippen LogP contribution in [0, 0.1) is 37.5 Å². The smallest absolute Gasteiger partial charge is 0.253 e. The van der Waals surface area contributed by atoms with Crippen LogP contribution in [0.3, 0.4) is 0 Å². The first-order valence-electron chi connectivity index (χ1n) is 33.6. The van der Waals surface area contributed by atoms with Gasteiger partial charge in [0.1, 0.15) is 64.7 Å². The molecule has 37 heteroatoms. The predicted molar refractivity (Wildman–Crippen MR) is 451 cm³/mol. The van der Waals surface area contributed by atoms with Crippen molar-refractivity contribution >= 4 is 180 Å². The number of aliphatic hydroxyl groups is 8. The number of nitrogens with zero attached hydrogens (tertiary/aromatic N) is 8. The Morgan fingerprint density at radius 3 is 0.875 bits per heavy atom. The van der Waals surface area contributed by atoms with Crippen molar-refractivity contribution in [1.82, 2.24) is 36.5 Å². The van der Waals surface area contributed by atoms with Crippen LogP contribution < -0.4 is 70.0 Å². The van der Waals surface area contributed by atoms with Crippen LogP contribution in [0.1, 0.15) is 47.8 Å². The first kappa shape index (κ1) is 86.8. The van der Waals surface area contributed by atoms with E-state index in [4.69, 9.17) is 14.9 Å². The van der Waals surface area contributed by atoms with Gasteiger partial charge < -0.3 is 85.1 Å². The number of aromatic nitrogens is 8. The summed E-state index contributed by atoms with van der Waals surface area (Å²) in [7, 11) is 12.6. The summed E-state index contributed by atoms with van der Waals surface area (Å²) in [6, 6.07) is 23.0. The highest BCUT2D eigenvalue weighted by molar-refractivity contribution is 14.1. The molecule has 12 rings (SSSR count). The van der Waals surface area contributed by atoms with Crippen molar-refractivity contribution in [1.29, 1.82) is 0 Å². The number of pyridine rings is 8. The highest BCUT2D eigenvalue weighted by Crippen LogP contribution is 2.32. The van der Waals surface area contributed by atoms with Gasteiger partial charge >= 0.3 is 0 Å². The first-order chi connectivity index (χ1) is 52.9. The Morgan fingerprint density at radius 1 is 0.357 bits per heavy atom. The largest absolute Gasteiger partial charge is 0.485 e. The molecular formula is C75H74F4I4N12O17. The second-order valence-electron chi connectivity index (χ2n) is 25.5. The number of anilines is 8. The summed E-state index contributed by atoms with van der Waals surface area (Å²) < 4.78 is 76.8. The van der Waals surface area contributed by atoms with E-state index in [-0.39, 0.29) is 144 Å². The van der Waals surface area contributed by atoms with E-state index in [1.165, 1.54) is 153 Å². The van der Waals surface area contributed by atoms with Gasteiger partial charge in [0.2, 0.25) is 5.43 Å². The quantitative estimate of drug-likeness (QED) is 0.0260. The molecule has 0 aliphatic heterocycles. The summed E-state index contributed by atoms with van der Waals surface area (Å²) in [5, 5.41) is 88.2. The van der Waals surface area contributed by atoms with Crippen LogP contribution in [-0.2, 0) is 56.4 Å². The standard InChI is InChI=1S/C20H21FIN3O5.C19H19FIN3O4.2C18H17FIN3O4/c1-24-9-16(30-10-12(27)5-6-26)19(29)18-15(8-17(28)25(2)20(18)24)23-14-4-3-11(22)7-13(14)21;1-23-9-11(15(26)5-6-25)18(28)17-14(8-16(27)24(2)19(17)23)22-13-4-3-10(21)7-12(13)20;2*1-22-7-10(14(25)8-24)17(27)16-13(6-15(26)23(2)18(16)22)21-12-4-3-9(20)5-11(12)19/h3-4,7-9,12,23,26-27H,5-6,10H2,1-2H3;3-4,7-9,15,22,25-26H,5-6H2,1-2H3;2*3-7,14,21,24-25H,8H2,1-2H3/t12-;15-;2*14-/m1010/s1. The number of hydrogen-bond acceptors (Lipinski definition) is 21. The molecule has 4 atom stereocenters. The third-order valence-electron chi connectivity index (χ3n) is 17.7. The van der Waals surface area contributed by atoms with Crippen LogP contribution >= 0.6 is 90.4 Å². The molecule has 29 nitrogen and oxygen atoms in total. The number of hydrogen-bond donors (Lipinski definition) is 12. The van der Waals surface area contributed by atoms with E-state index >= 15 is 0 Å². The Balaban J connectivity index is 0.000000172. The highest BCUT2D eigenvalue weighted by Gasteiger charge is 2.26. The fourth-order valence-electron chi connectivity index (χ4n) is 12.2. The SMILES string of the molecule is Cn1cc(OC[C@H](O)CCO)c(=O)c2c(Nc3ccc(I)cc3F)cc(=O)n(C)c21.Cn1cc([C@@H](O)CCO)c(=O)c2c(Nc3ccc(I)cc3F)cc(=O)n(C)c21.Cn1cc([C@@H](O)CO)c(=O)c2c(Nc3ccc(I)cc3F)cc(=O)n(C)c21.Cn1cc([C@H](O)CO)c(=O)c2c(Nc3ccc(I)cc3F)cc(=O)n(C)c21. The zero-order valence-corrected chi connectivity index (χ0v) is 69.3. The molecule has 0 bridgehead atoms. The zero-order valence-electron chi connectivity index (χ0n) is 60.7. The molecule has 12 aromatic rings. The van der Waals surface area contributed by atoms with Crippen LogP contribution in [0.15, 0.2) is 160 Å². The molecule has 0 spiro atoms. The minimum atomic E-state index is -1.37. The number of benzene rings is 4. The van der Waals surface area contributed by atoms with Crippen molar-refractivity contribution in [3.8, 4) is 5.75 Å². The molecule has 4 aromatic carbocycles. The topological polar surface area (TPSA) is 395 Å². The molecule has 0 aliphatic carbocycles. The minimum absolute atomic E-state index is 0.00101. The van der Waals surface area contributed by atoms with Crippen molar-refractivity contribution in [2.75, 3.05) is 54.3 Å². The molecule has 8 aromatic heterocycles. The molecule has 0 amide bonds. The summed E-state index contributed by atoms with van der Waals surface area (Å²) in [6.45, 7) is -1.92. The van der Waals surface area contributed by atoms with E-state index in [0.29, 0.717) is 36.9 Å². The van der Waals surface area contributed by atoms with Gasteiger partial charge in [0, 0.05) is 150 Å². The van der Waals surface area contributed by atoms with E-state index < -0.39 is 82.6 Å². The van der Waals surface area contributed by atoms with Crippen molar-refractivity contribution in [2.24, 2.45) is 56.4 Å². The third-order valence-corrected chi connectivity index (χ3v) is 20.4. The second-order valence-corrected chi connectivity index (χ2v) is 30.5. The Kier molecular flexibility index (Phi) is 28.8. The number of ether oxygens (including phenoxy) is 1. The second kappa shape index (κ2) is 37.2. The first-order valence-corrected chi connectivity index (χ1v) is 37.9. The average molecular weight is 2000 g/mol. The molecular weight excluding hydrogens is 1920 g/mol. The maximum Gasteiger partial charge on any atom is 0.253 e. The molecule has 592 valence electrons.